The van der Waals surface area contributed by atoms with Gasteiger partial charge in [0, 0.05) is 22.5 Å². The molecule has 1 heterocycles. The van der Waals surface area contributed by atoms with Crippen LogP contribution in [-0.4, -0.2) is 34.9 Å². The molecule has 0 fully saturated rings. The summed E-state index contributed by atoms with van der Waals surface area (Å²) in [6, 6.07) is 24.8. The normalized spacial score (nSPS) is 11.2. The van der Waals surface area contributed by atoms with Gasteiger partial charge in [0.05, 0.1) is 17.7 Å². The summed E-state index contributed by atoms with van der Waals surface area (Å²) in [4.78, 5) is 15.0. The van der Waals surface area contributed by atoms with Crippen LogP contribution < -0.4 is 10.3 Å². The topological polar surface area (TPSA) is 47.4 Å². The highest BCUT2D eigenvalue weighted by molar-refractivity contribution is 6.30. The van der Waals surface area contributed by atoms with E-state index in [1.54, 1.807) is 12.1 Å². The van der Waals surface area contributed by atoms with Crippen molar-refractivity contribution in [3.8, 4) is 17.0 Å². The van der Waals surface area contributed by atoms with Gasteiger partial charge in [-0.25, -0.2) is 4.68 Å². The second-order valence-corrected chi connectivity index (χ2v) is 7.52. The van der Waals surface area contributed by atoms with Gasteiger partial charge in [-0.15, -0.1) is 0 Å². The highest BCUT2D eigenvalue weighted by Gasteiger charge is 2.13. The molecule has 0 N–H and O–H groups in total. The number of aromatic nitrogens is 2. The fourth-order valence-electron chi connectivity index (χ4n) is 3.29. The lowest BCUT2D eigenvalue weighted by molar-refractivity contribution is 0.196. The van der Waals surface area contributed by atoms with Gasteiger partial charge in [-0.1, -0.05) is 60.1 Å². The van der Waals surface area contributed by atoms with Gasteiger partial charge in [-0.3, -0.25) is 9.69 Å². The molecule has 6 heteroatoms. The Kier molecular flexibility index (Phi) is 6.12. The summed E-state index contributed by atoms with van der Waals surface area (Å²) < 4.78 is 7.28. The van der Waals surface area contributed by atoms with Crippen LogP contribution in [0, 0.1) is 0 Å². The van der Waals surface area contributed by atoms with Crippen molar-refractivity contribution < 1.29 is 4.74 Å². The molecule has 0 saturated heterocycles. The van der Waals surface area contributed by atoms with Gasteiger partial charge in [0.1, 0.15) is 12.4 Å². The number of hydrogen-bond acceptors (Lipinski definition) is 4. The van der Waals surface area contributed by atoms with Crippen molar-refractivity contribution in [1.82, 2.24) is 14.7 Å². The monoisotopic (exact) mass is 419 g/mol. The van der Waals surface area contributed by atoms with Gasteiger partial charge >= 0.3 is 0 Å². The number of likely N-dealkylation sites (N-methyl/N-ethyl adjacent to an activating group) is 1. The first kappa shape index (κ1) is 20.1. The van der Waals surface area contributed by atoms with Crippen LogP contribution in [0.4, 0.5) is 0 Å². The maximum absolute atomic E-state index is 13.0. The zero-order valence-corrected chi connectivity index (χ0v) is 17.4. The van der Waals surface area contributed by atoms with E-state index in [9.17, 15) is 4.79 Å². The summed E-state index contributed by atoms with van der Waals surface area (Å²) in [5.41, 5.74) is 1.68. The fraction of sp³-hybridized carbons (Fsp3) is 0.167. The SMILES string of the molecule is CN(CCOc1ccc(Cl)cc1)Cn1nc(-c2ccccc2)c2ccccc2c1=O. The lowest BCUT2D eigenvalue weighted by Crippen LogP contribution is -2.34. The Morgan fingerprint density at radius 3 is 2.33 bits per heavy atom. The second-order valence-electron chi connectivity index (χ2n) is 7.09. The van der Waals surface area contributed by atoms with Crippen molar-refractivity contribution >= 4 is 22.4 Å². The van der Waals surface area contributed by atoms with Crippen LogP contribution in [0.25, 0.3) is 22.0 Å². The predicted octanol–water partition coefficient (Wildman–Crippen LogP) is 4.69. The summed E-state index contributed by atoms with van der Waals surface area (Å²) in [5.74, 6) is 0.764. The van der Waals surface area contributed by atoms with E-state index in [2.05, 4.69) is 0 Å². The molecular formula is C24H22ClN3O2. The summed E-state index contributed by atoms with van der Waals surface area (Å²) in [7, 11) is 1.94. The molecule has 0 aliphatic heterocycles. The minimum Gasteiger partial charge on any atom is -0.492 e. The quantitative estimate of drug-likeness (QED) is 0.436. The molecule has 0 spiro atoms. The third kappa shape index (κ3) is 4.53. The molecule has 0 bridgehead atoms. The second kappa shape index (κ2) is 9.11. The van der Waals surface area contributed by atoms with E-state index in [1.807, 2.05) is 78.7 Å². The third-order valence-corrected chi connectivity index (χ3v) is 5.10. The summed E-state index contributed by atoms with van der Waals surface area (Å²) in [6.45, 7) is 1.50. The number of rotatable bonds is 7. The lowest BCUT2D eigenvalue weighted by atomic mass is 10.1. The number of hydrogen-bond donors (Lipinski definition) is 0. The number of halogens is 1. The molecule has 5 nitrogen and oxygen atoms in total. The Balaban J connectivity index is 1.54. The van der Waals surface area contributed by atoms with Crippen molar-refractivity contribution in [2.75, 3.05) is 20.2 Å². The van der Waals surface area contributed by atoms with Crippen LogP contribution >= 0.6 is 11.6 Å². The van der Waals surface area contributed by atoms with Crippen molar-refractivity contribution in [1.29, 1.82) is 0 Å². The number of ether oxygens (including phenoxy) is 1. The van der Waals surface area contributed by atoms with Gasteiger partial charge in [0.2, 0.25) is 0 Å². The first-order chi connectivity index (χ1) is 14.6. The molecule has 0 aliphatic carbocycles. The Hall–Kier alpha value is -3.15. The van der Waals surface area contributed by atoms with Gasteiger partial charge in [0.25, 0.3) is 5.56 Å². The molecule has 0 radical (unpaired) electrons. The van der Waals surface area contributed by atoms with Crippen molar-refractivity contribution in [2.45, 2.75) is 6.67 Å². The minimum absolute atomic E-state index is 0.101. The van der Waals surface area contributed by atoms with Crippen LogP contribution in [0.15, 0.2) is 83.7 Å². The van der Waals surface area contributed by atoms with E-state index in [0.29, 0.717) is 30.2 Å². The van der Waals surface area contributed by atoms with Crippen molar-refractivity contribution in [3.05, 3.63) is 94.2 Å². The lowest BCUT2D eigenvalue weighted by Gasteiger charge is -2.19. The largest absolute Gasteiger partial charge is 0.492 e. The maximum Gasteiger partial charge on any atom is 0.275 e. The third-order valence-electron chi connectivity index (χ3n) is 4.85. The summed E-state index contributed by atoms with van der Waals surface area (Å²) in [6.07, 6.45) is 0. The minimum atomic E-state index is -0.101. The summed E-state index contributed by atoms with van der Waals surface area (Å²) in [5, 5.41) is 6.89. The average Bonchev–Trinajstić information content (AvgIpc) is 2.78. The molecule has 4 rings (SSSR count). The van der Waals surface area contributed by atoms with E-state index in [0.717, 1.165) is 22.4 Å². The van der Waals surface area contributed by atoms with E-state index >= 15 is 0 Å². The first-order valence-electron chi connectivity index (χ1n) is 9.74. The molecule has 0 saturated carbocycles. The smallest absolute Gasteiger partial charge is 0.275 e. The van der Waals surface area contributed by atoms with Crippen LogP contribution in [0.5, 0.6) is 5.75 Å². The molecule has 0 amide bonds. The molecule has 4 aromatic rings. The highest BCUT2D eigenvalue weighted by Crippen LogP contribution is 2.24. The molecule has 1 aromatic heterocycles. The number of benzene rings is 3. The molecule has 152 valence electrons. The number of fused-ring (bicyclic) bond motifs is 1. The van der Waals surface area contributed by atoms with Crippen molar-refractivity contribution in [3.63, 3.8) is 0 Å². The summed E-state index contributed by atoms with van der Waals surface area (Å²) >= 11 is 5.90. The highest BCUT2D eigenvalue weighted by atomic mass is 35.5. The predicted molar refractivity (Wildman–Crippen MR) is 121 cm³/mol. The van der Waals surface area contributed by atoms with Crippen LogP contribution in [0.1, 0.15) is 0 Å². The Morgan fingerprint density at radius 2 is 1.60 bits per heavy atom. The number of nitrogens with zero attached hydrogens (tertiary/aromatic N) is 3. The van der Waals surface area contributed by atoms with E-state index in [1.165, 1.54) is 4.68 Å². The van der Waals surface area contributed by atoms with E-state index in [-0.39, 0.29) is 5.56 Å². The van der Waals surface area contributed by atoms with Crippen LogP contribution in [-0.2, 0) is 6.67 Å². The molecular weight excluding hydrogens is 398 g/mol. The molecule has 0 aliphatic rings. The molecule has 3 aromatic carbocycles. The molecule has 0 unspecified atom stereocenters. The van der Waals surface area contributed by atoms with Gasteiger partial charge in [-0.05, 0) is 37.4 Å². The van der Waals surface area contributed by atoms with Gasteiger partial charge in [0.15, 0.2) is 0 Å². The van der Waals surface area contributed by atoms with E-state index < -0.39 is 0 Å². The maximum atomic E-state index is 13.0. The van der Waals surface area contributed by atoms with Crippen LogP contribution in [0.3, 0.4) is 0 Å². The zero-order chi connectivity index (χ0) is 20.9. The molecule has 30 heavy (non-hydrogen) atoms. The zero-order valence-electron chi connectivity index (χ0n) is 16.7. The van der Waals surface area contributed by atoms with Crippen LogP contribution in [0.2, 0.25) is 5.02 Å². The Morgan fingerprint density at radius 1 is 0.933 bits per heavy atom. The van der Waals surface area contributed by atoms with E-state index in [4.69, 9.17) is 21.4 Å². The fourth-order valence-corrected chi connectivity index (χ4v) is 3.42. The van der Waals surface area contributed by atoms with Gasteiger partial charge in [-0.2, -0.15) is 5.10 Å². The average molecular weight is 420 g/mol. The standard InChI is InChI=1S/C24H22ClN3O2/c1-27(15-16-30-20-13-11-19(25)12-14-20)17-28-24(29)22-10-6-5-9-21(22)23(26-28)18-7-3-2-4-8-18/h2-14H,15-17H2,1H3. The Labute approximate surface area is 180 Å². The molecule has 0 atom stereocenters. The van der Waals surface area contributed by atoms with Crippen molar-refractivity contribution in [2.24, 2.45) is 0 Å². The first-order valence-corrected chi connectivity index (χ1v) is 10.1. The Bertz CT molecular complexity index is 1190. The van der Waals surface area contributed by atoms with Gasteiger partial charge < -0.3 is 4.74 Å².